The molecule has 0 aliphatic rings. The van der Waals surface area contributed by atoms with Crippen LogP contribution in [0.2, 0.25) is 0 Å². The lowest BCUT2D eigenvalue weighted by Crippen LogP contribution is -2.30. The Labute approximate surface area is 163 Å². The van der Waals surface area contributed by atoms with E-state index in [-0.39, 0.29) is 11.3 Å². The van der Waals surface area contributed by atoms with Crippen molar-refractivity contribution in [3.8, 4) is 5.69 Å². The van der Waals surface area contributed by atoms with Crippen molar-refractivity contribution in [3.05, 3.63) is 89.5 Å². The maximum Gasteiger partial charge on any atom is 0.269 e. The molecule has 146 valence electrons. The standard InChI is InChI=1S/C21H15F3N4O/c1-12-25-17-11-13(7-10-18(17)28(12)14-5-3-2-4-6-14)21(29)27-26-16-9-8-15(22)19(23)20(16)24/h2-11,26H,1H3,(H,27,29). The van der Waals surface area contributed by atoms with Gasteiger partial charge in [0.1, 0.15) is 5.82 Å². The molecule has 29 heavy (non-hydrogen) atoms. The van der Waals surface area contributed by atoms with E-state index < -0.39 is 23.4 Å². The van der Waals surface area contributed by atoms with Crippen molar-refractivity contribution in [1.82, 2.24) is 15.0 Å². The van der Waals surface area contributed by atoms with Crippen LogP contribution in [0.3, 0.4) is 0 Å². The summed E-state index contributed by atoms with van der Waals surface area (Å²) in [5, 5.41) is 0. The highest BCUT2D eigenvalue weighted by atomic mass is 19.2. The SMILES string of the molecule is Cc1nc2cc(C(=O)NNc3ccc(F)c(F)c3F)ccc2n1-c1ccccc1. The number of para-hydroxylation sites is 1. The number of anilines is 1. The van der Waals surface area contributed by atoms with Gasteiger partial charge in [0.25, 0.3) is 5.91 Å². The first kappa shape index (κ1) is 18.5. The number of carbonyl (C=O) groups excluding carboxylic acids is 1. The van der Waals surface area contributed by atoms with Crippen LogP contribution in [0.25, 0.3) is 16.7 Å². The van der Waals surface area contributed by atoms with Gasteiger partial charge in [-0.05, 0) is 49.4 Å². The van der Waals surface area contributed by atoms with E-state index in [1.807, 2.05) is 41.8 Å². The first-order valence-electron chi connectivity index (χ1n) is 8.70. The van der Waals surface area contributed by atoms with E-state index in [9.17, 15) is 18.0 Å². The van der Waals surface area contributed by atoms with Crippen LogP contribution in [0, 0.1) is 24.4 Å². The molecule has 0 unspecified atom stereocenters. The predicted octanol–water partition coefficient (Wildman–Crippen LogP) is 4.51. The smallest absolute Gasteiger partial charge is 0.269 e. The molecule has 1 amide bonds. The van der Waals surface area contributed by atoms with Gasteiger partial charge in [-0.2, -0.15) is 0 Å². The molecule has 0 aliphatic carbocycles. The zero-order valence-corrected chi connectivity index (χ0v) is 15.2. The highest BCUT2D eigenvalue weighted by Crippen LogP contribution is 2.23. The van der Waals surface area contributed by atoms with E-state index in [0.29, 0.717) is 5.52 Å². The fraction of sp³-hybridized carbons (Fsp3) is 0.0476. The average Bonchev–Trinajstić information content (AvgIpc) is 3.06. The second-order valence-electron chi connectivity index (χ2n) is 6.34. The molecule has 0 saturated heterocycles. The van der Waals surface area contributed by atoms with Crippen LogP contribution < -0.4 is 10.9 Å². The third kappa shape index (κ3) is 3.40. The van der Waals surface area contributed by atoms with Crippen molar-refractivity contribution in [2.75, 3.05) is 5.43 Å². The molecular formula is C21H15F3N4O. The lowest BCUT2D eigenvalue weighted by molar-refractivity contribution is 0.0962. The summed E-state index contributed by atoms with van der Waals surface area (Å²) in [6, 6.07) is 16.4. The lowest BCUT2D eigenvalue weighted by atomic mass is 10.2. The molecular weight excluding hydrogens is 381 g/mol. The summed E-state index contributed by atoms with van der Waals surface area (Å²) >= 11 is 0. The fourth-order valence-electron chi connectivity index (χ4n) is 3.06. The maximum atomic E-state index is 13.7. The number of benzene rings is 3. The zero-order valence-electron chi connectivity index (χ0n) is 15.2. The summed E-state index contributed by atoms with van der Waals surface area (Å²) in [4.78, 5) is 16.9. The lowest BCUT2D eigenvalue weighted by Gasteiger charge is -2.10. The number of nitrogens with zero attached hydrogens (tertiary/aromatic N) is 2. The number of imidazole rings is 1. The van der Waals surface area contributed by atoms with Crippen molar-refractivity contribution in [1.29, 1.82) is 0 Å². The molecule has 0 radical (unpaired) electrons. The molecule has 0 aliphatic heterocycles. The van der Waals surface area contributed by atoms with Crippen LogP contribution in [-0.2, 0) is 0 Å². The number of hydrogen-bond acceptors (Lipinski definition) is 3. The first-order chi connectivity index (χ1) is 14.0. The van der Waals surface area contributed by atoms with Crippen LogP contribution in [0.1, 0.15) is 16.2 Å². The highest BCUT2D eigenvalue weighted by molar-refractivity contribution is 5.98. The minimum atomic E-state index is -1.62. The van der Waals surface area contributed by atoms with E-state index >= 15 is 0 Å². The van der Waals surface area contributed by atoms with Gasteiger partial charge in [-0.3, -0.25) is 20.2 Å². The number of amides is 1. The first-order valence-corrected chi connectivity index (χ1v) is 8.70. The van der Waals surface area contributed by atoms with E-state index in [4.69, 9.17) is 0 Å². The average molecular weight is 396 g/mol. The Kier molecular flexibility index (Phi) is 4.67. The number of carbonyl (C=O) groups is 1. The number of hydrazine groups is 1. The molecule has 2 N–H and O–H groups in total. The zero-order chi connectivity index (χ0) is 20.5. The van der Waals surface area contributed by atoms with E-state index in [0.717, 1.165) is 29.2 Å². The number of halogens is 3. The molecule has 3 aromatic carbocycles. The quantitative estimate of drug-likeness (QED) is 0.394. The van der Waals surface area contributed by atoms with E-state index in [1.54, 1.807) is 18.2 Å². The van der Waals surface area contributed by atoms with Crippen LogP contribution in [-0.4, -0.2) is 15.5 Å². The van der Waals surface area contributed by atoms with Crippen molar-refractivity contribution < 1.29 is 18.0 Å². The topological polar surface area (TPSA) is 59.0 Å². The molecule has 0 fully saturated rings. The van der Waals surface area contributed by atoms with E-state index in [2.05, 4.69) is 15.8 Å². The van der Waals surface area contributed by atoms with Crippen LogP contribution in [0.15, 0.2) is 60.7 Å². The Morgan fingerprint density at radius 2 is 1.72 bits per heavy atom. The second-order valence-corrected chi connectivity index (χ2v) is 6.34. The molecule has 0 bridgehead atoms. The number of aromatic nitrogens is 2. The number of rotatable bonds is 4. The molecule has 0 saturated carbocycles. The van der Waals surface area contributed by atoms with Crippen molar-refractivity contribution >= 4 is 22.6 Å². The minimum Gasteiger partial charge on any atom is -0.297 e. The summed E-state index contributed by atoms with van der Waals surface area (Å²) in [7, 11) is 0. The maximum absolute atomic E-state index is 13.7. The summed E-state index contributed by atoms with van der Waals surface area (Å²) in [5.41, 5.74) is 6.79. The predicted molar refractivity (Wildman–Crippen MR) is 103 cm³/mol. The van der Waals surface area contributed by atoms with Gasteiger partial charge in [0, 0.05) is 11.3 Å². The Hall–Kier alpha value is -3.81. The Morgan fingerprint density at radius 3 is 2.48 bits per heavy atom. The van der Waals surface area contributed by atoms with Crippen molar-refractivity contribution in [3.63, 3.8) is 0 Å². The number of aryl methyl sites for hydroxylation is 1. The van der Waals surface area contributed by atoms with Gasteiger partial charge in [0.2, 0.25) is 0 Å². The summed E-state index contributed by atoms with van der Waals surface area (Å²) < 4.78 is 41.9. The third-order valence-electron chi connectivity index (χ3n) is 4.44. The molecule has 0 spiro atoms. The van der Waals surface area contributed by atoms with Gasteiger partial charge in [0.15, 0.2) is 17.5 Å². The van der Waals surface area contributed by atoms with Crippen LogP contribution in [0.4, 0.5) is 18.9 Å². The van der Waals surface area contributed by atoms with Crippen molar-refractivity contribution in [2.24, 2.45) is 0 Å². The number of nitrogens with one attached hydrogen (secondary N) is 2. The molecule has 4 rings (SSSR count). The third-order valence-corrected chi connectivity index (χ3v) is 4.44. The molecule has 5 nitrogen and oxygen atoms in total. The largest absolute Gasteiger partial charge is 0.297 e. The minimum absolute atomic E-state index is 0.269. The number of fused-ring (bicyclic) bond motifs is 1. The van der Waals surface area contributed by atoms with E-state index in [1.165, 1.54) is 0 Å². The molecule has 1 aromatic heterocycles. The summed E-state index contributed by atoms with van der Waals surface area (Å²) in [5.74, 6) is -4.17. The normalized spacial score (nSPS) is 10.9. The van der Waals surface area contributed by atoms with Gasteiger partial charge < -0.3 is 0 Å². The second kappa shape index (κ2) is 7.31. The van der Waals surface area contributed by atoms with Crippen LogP contribution >= 0.6 is 0 Å². The van der Waals surface area contributed by atoms with Crippen molar-refractivity contribution in [2.45, 2.75) is 6.92 Å². The Morgan fingerprint density at radius 1 is 0.966 bits per heavy atom. The summed E-state index contributed by atoms with van der Waals surface area (Å²) in [6.45, 7) is 1.86. The van der Waals surface area contributed by atoms with Crippen LogP contribution in [0.5, 0.6) is 0 Å². The molecule has 8 heteroatoms. The van der Waals surface area contributed by atoms with Gasteiger partial charge in [-0.1, -0.05) is 18.2 Å². The Bertz CT molecular complexity index is 1220. The number of hydrogen-bond donors (Lipinski definition) is 2. The summed E-state index contributed by atoms with van der Waals surface area (Å²) in [6.07, 6.45) is 0. The molecule has 0 atom stereocenters. The Balaban J connectivity index is 1.59. The monoisotopic (exact) mass is 396 g/mol. The fourth-order valence-corrected chi connectivity index (χ4v) is 3.06. The van der Waals surface area contributed by atoms with Gasteiger partial charge in [-0.15, -0.1) is 0 Å². The highest BCUT2D eigenvalue weighted by Gasteiger charge is 2.15. The van der Waals surface area contributed by atoms with Gasteiger partial charge in [0.05, 0.1) is 16.7 Å². The molecule has 4 aromatic rings. The molecule has 1 heterocycles. The van der Waals surface area contributed by atoms with Gasteiger partial charge in [-0.25, -0.2) is 18.2 Å². The van der Waals surface area contributed by atoms with Gasteiger partial charge >= 0.3 is 0 Å².